The molecule has 0 unspecified atom stereocenters. The Labute approximate surface area is 136 Å². The molecule has 0 aromatic rings. The summed E-state index contributed by atoms with van der Waals surface area (Å²) in [6, 6.07) is 0. The van der Waals surface area contributed by atoms with E-state index >= 15 is 0 Å². The number of Topliss-reactive ketones (excluding diaryl/α,β-unsaturated/α-hetero) is 1. The Bertz CT molecular complexity index is 712. The Morgan fingerprint density at radius 3 is 2.74 bits per heavy atom. The third kappa shape index (κ3) is 1.74. The lowest BCUT2D eigenvalue weighted by Gasteiger charge is -2.44. The average molecular weight is 313 g/mol. The first kappa shape index (κ1) is 13.9. The fourth-order valence-corrected chi connectivity index (χ4v) is 5.24. The molecule has 5 rings (SSSR count). The summed E-state index contributed by atoms with van der Waals surface area (Å²) in [6.45, 7) is 5.57. The summed E-state index contributed by atoms with van der Waals surface area (Å²) in [5.74, 6) is 1.18. The highest BCUT2D eigenvalue weighted by Crippen LogP contribution is 2.60. The molecule has 0 aromatic carbocycles. The Hall–Kier alpha value is -1.49. The minimum Gasteiger partial charge on any atom is -0.374 e. The van der Waals surface area contributed by atoms with Crippen molar-refractivity contribution >= 4 is 5.78 Å². The Morgan fingerprint density at radius 1 is 1.22 bits per heavy atom. The maximum atomic E-state index is 13.1. The summed E-state index contributed by atoms with van der Waals surface area (Å²) >= 11 is 0. The van der Waals surface area contributed by atoms with Crippen molar-refractivity contribution in [2.75, 3.05) is 13.2 Å². The van der Waals surface area contributed by atoms with Crippen LogP contribution in [0.15, 0.2) is 32.9 Å². The topological polar surface area (TPSA) is 63.0 Å². The molecular formula is C18H23N3O2. The molecule has 5 heteroatoms. The van der Waals surface area contributed by atoms with Crippen molar-refractivity contribution in [1.29, 1.82) is 0 Å². The molecular weight excluding hydrogens is 290 g/mol. The van der Waals surface area contributed by atoms with E-state index in [4.69, 9.17) is 4.74 Å². The number of azo groups is 1. The van der Waals surface area contributed by atoms with Gasteiger partial charge < -0.3 is 10.1 Å². The summed E-state index contributed by atoms with van der Waals surface area (Å²) < 4.78 is 6.30. The largest absolute Gasteiger partial charge is 0.374 e. The minimum absolute atomic E-state index is 0.00337. The van der Waals surface area contributed by atoms with Crippen LogP contribution in [0.4, 0.5) is 0 Å². The van der Waals surface area contributed by atoms with Crippen LogP contribution in [0.2, 0.25) is 0 Å². The molecule has 3 aliphatic heterocycles. The van der Waals surface area contributed by atoms with E-state index in [1.54, 1.807) is 0 Å². The molecule has 0 amide bonds. The lowest BCUT2D eigenvalue weighted by Crippen LogP contribution is -2.45. The van der Waals surface area contributed by atoms with E-state index in [0.717, 1.165) is 42.8 Å². The van der Waals surface area contributed by atoms with Crippen LogP contribution in [0.1, 0.15) is 52.4 Å². The van der Waals surface area contributed by atoms with Gasteiger partial charge in [0.2, 0.25) is 0 Å². The molecule has 1 atom stereocenters. The number of rotatable bonds is 0. The number of ether oxygens (including phenoxy) is 1. The zero-order valence-electron chi connectivity index (χ0n) is 13.9. The van der Waals surface area contributed by atoms with E-state index in [1.807, 2.05) is 0 Å². The van der Waals surface area contributed by atoms with E-state index < -0.39 is 0 Å². The number of ketones is 1. The van der Waals surface area contributed by atoms with Gasteiger partial charge in [-0.15, -0.1) is 5.11 Å². The molecule has 5 aliphatic rings. The lowest BCUT2D eigenvalue weighted by molar-refractivity contribution is -0.119. The molecule has 122 valence electrons. The van der Waals surface area contributed by atoms with Gasteiger partial charge in [0.1, 0.15) is 0 Å². The number of fused-ring (bicyclic) bond motifs is 2. The maximum absolute atomic E-state index is 13.1. The van der Waals surface area contributed by atoms with E-state index in [0.29, 0.717) is 25.4 Å². The third-order valence-corrected chi connectivity index (χ3v) is 6.40. The summed E-state index contributed by atoms with van der Waals surface area (Å²) in [6.07, 6.45) is 5.95. The fraction of sp³-hybridized carbons (Fsp3) is 0.722. The van der Waals surface area contributed by atoms with Crippen LogP contribution in [-0.2, 0) is 9.53 Å². The monoisotopic (exact) mass is 313 g/mol. The number of nitrogens with zero attached hydrogens (tertiary/aromatic N) is 2. The van der Waals surface area contributed by atoms with Gasteiger partial charge in [-0.1, -0.05) is 13.8 Å². The van der Waals surface area contributed by atoms with E-state index in [1.165, 1.54) is 12.0 Å². The number of hydrogen-bond acceptors (Lipinski definition) is 5. The molecule has 1 N–H and O–H groups in total. The van der Waals surface area contributed by atoms with Crippen LogP contribution in [-0.4, -0.2) is 24.5 Å². The predicted molar refractivity (Wildman–Crippen MR) is 84.5 cm³/mol. The Morgan fingerprint density at radius 2 is 2.04 bits per heavy atom. The molecule has 23 heavy (non-hydrogen) atoms. The highest BCUT2D eigenvalue weighted by atomic mass is 16.5. The number of dihydropyridines is 1. The summed E-state index contributed by atoms with van der Waals surface area (Å²) in [4.78, 5) is 13.1. The first-order valence-corrected chi connectivity index (χ1v) is 8.72. The Kier molecular flexibility index (Phi) is 2.49. The van der Waals surface area contributed by atoms with Crippen molar-refractivity contribution in [1.82, 2.24) is 5.32 Å². The lowest BCUT2D eigenvalue weighted by atomic mass is 9.59. The molecule has 2 spiro atoms. The zero-order chi connectivity index (χ0) is 15.9. The van der Waals surface area contributed by atoms with Crippen molar-refractivity contribution in [2.24, 2.45) is 21.1 Å². The molecule has 0 bridgehead atoms. The van der Waals surface area contributed by atoms with Crippen molar-refractivity contribution < 1.29 is 9.53 Å². The van der Waals surface area contributed by atoms with Gasteiger partial charge in [0.05, 0.1) is 24.2 Å². The van der Waals surface area contributed by atoms with Gasteiger partial charge in [-0.25, -0.2) is 0 Å². The Balaban J connectivity index is 1.65. The van der Waals surface area contributed by atoms with Crippen LogP contribution in [0, 0.1) is 10.8 Å². The summed E-state index contributed by atoms with van der Waals surface area (Å²) in [5, 5.41) is 12.0. The zero-order valence-corrected chi connectivity index (χ0v) is 13.9. The molecule has 5 nitrogen and oxygen atoms in total. The van der Waals surface area contributed by atoms with Crippen LogP contribution >= 0.6 is 0 Å². The highest BCUT2D eigenvalue weighted by molar-refractivity contribution is 6.00. The smallest absolute Gasteiger partial charge is 0.162 e. The minimum atomic E-state index is -0.270. The van der Waals surface area contributed by atoms with E-state index in [9.17, 15) is 4.79 Å². The van der Waals surface area contributed by atoms with Gasteiger partial charge in [-0.05, 0) is 37.5 Å². The van der Waals surface area contributed by atoms with Gasteiger partial charge in [-0.2, -0.15) is 5.11 Å². The summed E-state index contributed by atoms with van der Waals surface area (Å²) in [7, 11) is 0. The number of allylic oxidation sites excluding steroid dienone is 1. The molecule has 2 aliphatic carbocycles. The number of nitrogens with one attached hydrogen (secondary N) is 1. The molecule has 3 heterocycles. The molecule has 2 fully saturated rings. The highest BCUT2D eigenvalue weighted by Gasteiger charge is 2.60. The van der Waals surface area contributed by atoms with E-state index in [-0.39, 0.29) is 16.4 Å². The number of carbonyl (C=O) groups is 1. The van der Waals surface area contributed by atoms with Crippen molar-refractivity contribution in [3.05, 3.63) is 22.7 Å². The normalized spacial score (nSPS) is 36.3. The molecule has 1 saturated carbocycles. The van der Waals surface area contributed by atoms with Gasteiger partial charge in [0.15, 0.2) is 11.6 Å². The first-order valence-electron chi connectivity index (χ1n) is 8.72. The third-order valence-electron chi connectivity index (χ3n) is 6.40. The van der Waals surface area contributed by atoms with Crippen LogP contribution < -0.4 is 5.32 Å². The second kappa shape index (κ2) is 4.12. The van der Waals surface area contributed by atoms with Crippen LogP contribution in [0.25, 0.3) is 0 Å². The van der Waals surface area contributed by atoms with Crippen molar-refractivity contribution in [3.63, 3.8) is 0 Å². The van der Waals surface area contributed by atoms with E-state index in [2.05, 4.69) is 29.4 Å². The van der Waals surface area contributed by atoms with Gasteiger partial charge in [0.25, 0.3) is 0 Å². The first-order chi connectivity index (χ1) is 10.9. The second-order valence-corrected chi connectivity index (χ2v) is 8.73. The standard InChI is InChI=1S/C18H23N3O2/c1-16(2)6-12-14(13(22)7-16)18(11-8-19-21-15(11)20-12)9-17(23-10-18)4-3-5-17/h20H,3-10H2,1-2H3/t18-/m1/s1. The van der Waals surface area contributed by atoms with Crippen LogP contribution in [0.5, 0.6) is 0 Å². The maximum Gasteiger partial charge on any atom is 0.162 e. The average Bonchev–Trinajstić information content (AvgIpc) is 3.01. The van der Waals surface area contributed by atoms with Crippen molar-refractivity contribution in [2.45, 2.75) is 58.0 Å². The number of hydrogen-bond donors (Lipinski definition) is 1. The molecule has 0 radical (unpaired) electrons. The number of carbonyl (C=O) groups excluding carboxylic acids is 1. The quantitative estimate of drug-likeness (QED) is 0.746. The van der Waals surface area contributed by atoms with Gasteiger partial charge in [-0.3, -0.25) is 4.79 Å². The van der Waals surface area contributed by atoms with Crippen molar-refractivity contribution in [3.8, 4) is 0 Å². The van der Waals surface area contributed by atoms with Gasteiger partial charge >= 0.3 is 0 Å². The van der Waals surface area contributed by atoms with Crippen LogP contribution in [0.3, 0.4) is 0 Å². The molecule has 1 saturated heterocycles. The predicted octanol–water partition coefficient (Wildman–Crippen LogP) is 3.24. The second-order valence-electron chi connectivity index (χ2n) is 8.73. The SMILES string of the molecule is CC1(C)CC(=O)C2=C(C1)NC1=C(CN=N1)[C@@]21COC2(CCC2)C1. The van der Waals surface area contributed by atoms with Gasteiger partial charge in [0, 0.05) is 23.3 Å². The summed E-state index contributed by atoms with van der Waals surface area (Å²) in [5.41, 5.74) is 2.99. The fourth-order valence-electron chi connectivity index (χ4n) is 5.24. The molecule has 0 aromatic heterocycles.